The summed E-state index contributed by atoms with van der Waals surface area (Å²) < 4.78 is 13.2. The summed E-state index contributed by atoms with van der Waals surface area (Å²) >= 11 is 1.27. The van der Waals surface area contributed by atoms with Crippen molar-refractivity contribution in [1.29, 1.82) is 0 Å². The number of hydrogen-bond donors (Lipinski definition) is 2. The first-order chi connectivity index (χ1) is 10.7. The van der Waals surface area contributed by atoms with Crippen LogP contribution in [0.4, 0.5) is 4.39 Å². The average molecular weight is 318 g/mol. The Morgan fingerprint density at radius 3 is 3.05 bits per heavy atom. The molecule has 5 nitrogen and oxygen atoms in total. The van der Waals surface area contributed by atoms with Crippen molar-refractivity contribution in [3.63, 3.8) is 0 Å². The van der Waals surface area contributed by atoms with Gasteiger partial charge in [-0.3, -0.25) is 4.79 Å². The number of rotatable bonds is 3. The molecule has 1 amide bonds. The van der Waals surface area contributed by atoms with Crippen molar-refractivity contribution < 1.29 is 9.18 Å². The zero-order valence-corrected chi connectivity index (χ0v) is 12.6. The number of hydrogen-bond acceptors (Lipinski definition) is 5. The van der Waals surface area contributed by atoms with Crippen molar-refractivity contribution >= 4 is 17.2 Å². The monoisotopic (exact) mass is 318 g/mol. The molecule has 0 radical (unpaired) electrons. The number of amides is 1. The highest BCUT2D eigenvalue weighted by molar-refractivity contribution is 7.16. The number of halogens is 1. The maximum atomic E-state index is 13.2. The molecule has 0 aromatic carbocycles. The summed E-state index contributed by atoms with van der Waals surface area (Å²) in [5, 5.41) is 6.97. The topological polar surface area (TPSA) is 66.9 Å². The average Bonchev–Trinajstić information content (AvgIpc) is 3.23. The maximum Gasteiger partial charge on any atom is 0.280 e. The number of nitrogens with zero attached hydrogens (tertiary/aromatic N) is 2. The molecule has 2 aliphatic rings. The summed E-state index contributed by atoms with van der Waals surface area (Å²) in [5.41, 5.74) is 0.686. The van der Waals surface area contributed by atoms with Gasteiger partial charge in [0.1, 0.15) is 0 Å². The molecule has 22 heavy (non-hydrogen) atoms. The minimum atomic E-state index is -0.537. The lowest BCUT2D eigenvalue weighted by atomic mass is 9.95. The molecule has 2 N–H and O–H groups in total. The third kappa shape index (κ3) is 2.50. The van der Waals surface area contributed by atoms with E-state index in [9.17, 15) is 9.18 Å². The molecule has 2 aromatic heterocycles. The molecule has 3 atom stereocenters. The predicted molar refractivity (Wildman–Crippen MR) is 81.1 cm³/mol. The van der Waals surface area contributed by atoms with Crippen LogP contribution in [-0.4, -0.2) is 34.0 Å². The quantitative estimate of drug-likeness (QED) is 0.849. The number of thiazole rings is 1. The summed E-state index contributed by atoms with van der Waals surface area (Å²) in [6.07, 6.45) is 6.32. The molecule has 2 bridgehead atoms. The zero-order valence-electron chi connectivity index (χ0n) is 11.8. The van der Waals surface area contributed by atoms with Gasteiger partial charge in [0.2, 0.25) is 5.95 Å². The molecule has 0 aliphatic carbocycles. The Balaban J connectivity index is 1.48. The Bertz CT molecular complexity index is 719. The molecule has 4 heterocycles. The third-order valence-electron chi connectivity index (χ3n) is 4.33. The van der Waals surface area contributed by atoms with E-state index in [-0.39, 0.29) is 11.9 Å². The first-order valence-electron chi connectivity index (χ1n) is 7.34. The molecular formula is C15H15FN4OS. The number of fused-ring (bicyclic) bond motifs is 2. The largest absolute Gasteiger partial charge is 0.346 e. The van der Waals surface area contributed by atoms with Crippen LogP contribution in [0.25, 0.3) is 10.4 Å². The van der Waals surface area contributed by atoms with Crippen molar-refractivity contribution in [1.82, 2.24) is 20.6 Å². The van der Waals surface area contributed by atoms with Crippen molar-refractivity contribution in [2.24, 2.45) is 0 Å². The van der Waals surface area contributed by atoms with Crippen molar-refractivity contribution in [2.75, 3.05) is 0 Å². The van der Waals surface area contributed by atoms with Gasteiger partial charge in [-0.25, -0.2) is 9.97 Å². The number of aromatic nitrogens is 2. The van der Waals surface area contributed by atoms with E-state index in [1.54, 1.807) is 12.3 Å². The summed E-state index contributed by atoms with van der Waals surface area (Å²) in [6.45, 7) is 0. The van der Waals surface area contributed by atoms with Gasteiger partial charge in [0.25, 0.3) is 5.91 Å². The molecule has 3 unspecified atom stereocenters. The van der Waals surface area contributed by atoms with Gasteiger partial charge in [0, 0.05) is 36.6 Å². The molecule has 2 aliphatic heterocycles. The second-order valence-electron chi connectivity index (χ2n) is 5.76. The Morgan fingerprint density at radius 1 is 1.41 bits per heavy atom. The molecule has 0 saturated carbocycles. The number of carbonyl (C=O) groups excluding carboxylic acids is 1. The van der Waals surface area contributed by atoms with Crippen LogP contribution in [0.1, 0.15) is 29.1 Å². The standard InChI is InChI=1S/C15H15FN4OS/c16-13-5-8(3-4-17-13)12-7-18-15(22-12)14(21)20-11-6-9-1-2-10(11)19-9/h3-5,7,9-11,19H,1-2,6H2,(H,20,21). The fourth-order valence-electron chi connectivity index (χ4n) is 3.28. The van der Waals surface area contributed by atoms with Crippen LogP contribution in [0, 0.1) is 5.95 Å². The zero-order chi connectivity index (χ0) is 15.1. The van der Waals surface area contributed by atoms with Gasteiger partial charge < -0.3 is 10.6 Å². The second kappa shape index (κ2) is 5.40. The number of pyridine rings is 1. The molecule has 7 heteroatoms. The Kier molecular flexibility index (Phi) is 3.38. The van der Waals surface area contributed by atoms with E-state index in [0.717, 1.165) is 17.7 Å². The van der Waals surface area contributed by atoms with E-state index in [2.05, 4.69) is 20.6 Å². The van der Waals surface area contributed by atoms with E-state index in [4.69, 9.17) is 0 Å². The lowest BCUT2D eigenvalue weighted by Crippen LogP contribution is -2.42. The van der Waals surface area contributed by atoms with E-state index in [1.165, 1.54) is 30.0 Å². The van der Waals surface area contributed by atoms with Crippen LogP contribution >= 0.6 is 11.3 Å². The second-order valence-corrected chi connectivity index (χ2v) is 6.79. The first kappa shape index (κ1) is 13.8. The Hall–Kier alpha value is -1.86. The van der Waals surface area contributed by atoms with Crippen LogP contribution in [0.3, 0.4) is 0 Å². The van der Waals surface area contributed by atoms with Crippen molar-refractivity contribution in [3.8, 4) is 10.4 Å². The van der Waals surface area contributed by atoms with Crippen molar-refractivity contribution in [2.45, 2.75) is 37.4 Å². The molecule has 2 fully saturated rings. The molecule has 114 valence electrons. The van der Waals surface area contributed by atoms with Crippen LogP contribution < -0.4 is 10.6 Å². The minimum Gasteiger partial charge on any atom is -0.346 e. The number of nitrogens with one attached hydrogen (secondary N) is 2. The highest BCUT2D eigenvalue weighted by Gasteiger charge is 2.39. The van der Waals surface area contributed by atoms with Gasteiger partial charge >= 0.3 is 0 Å². The fraction of sp³-hybridized carbons (Fsp3) is 0.400. The smallest absolute Gasteiger partial charge is 0.280 e. The van der Waals surface area contributed by atoms with Gasteiger partial charge in [-0.2, -0.15) is 4.39 Å². The number of carbonyl (C=O) groups is 1. The van der Waals surface area contributed by atoms with Gasteiger partial charge in [0.15, 0.2) is 5.01 Å². The summed E-state index contributed by atoms with van der Waals surface area (Å²) in [4.78, 5) is 20.8. The molecule has 2 saturated heterocycles. The Labute approximate surface area is 131 Å². The first-order valence-corrected chi connectivity index (χ1v) is 8.15. The van der Waals surface area contributed by atoms with Crippen molar-refractivity contribution in [3.05, 3.63) is 35.5 Å². The van der Waals surface area contributed by atoms with Gasteiger partial charge in [-0.15, -0.1) is 11.3 Å². The minimum absolute atomic E-state index is 0.148. The lowest BCUT2D eigenvalue weighted by Gasteiger charge is -2.20. The highest BCUT2D eigenvalue weighted by Crippen LogP contribution is 2.29. The summed E-state index contributed by atoms with van der Waals surface area (Å²) in [7, 11) is 0. The molecular weight excluding hydrogens is 303 g/mol. The van der Waals surface area contributed by atoms with Crippen LogP contribution in [0.2, 0.25) is 0 Å². The fourth-order valence-corrected chi connectivity index (χ4v) is 4.10. The summed E-state index contributed by atoms with van der Waals surface area (Å²) in [5.74, 6) is -0.685. The van der Waals surface area contributed by atoms with Crippen LogP contribution in [-0.2, 0) is 0 Å². The highest BCUT2D eigenvalue weighted by atomic mass is 32.1. The SMILES string of the molecule is O=C(NC1CC2CCC1N2)c1ncc(-c2ccnc(F)c2)s1. The van der Waals surface area contributed by atoms with Gasteiger partial charge in [-0.05, 0) is 30.9 Å². The van der Waals surface area contributed by atoms with Crippen LogP contribution in [0.15, 0.2) is 24.5 Å². The van der Waals surface area contributed by atoms with E-state index < -0.39 is 5.95 Å². The van der Waals surface area contributed by atoms with E-state index >= 15 is 0 Å². The maximum absolute atomic E-state index is 13.2. The van der Waals surface area contributed by atoms with E-state index in [1.807, 2.05) is 0 Å². The molecule has 4 rings (SSSR count). The Morgan fingerprint density at radius 2 is 2.32 bits per heavy atom. The molecule has 2 aromatic rings. The lowest BCUT2D eigenvalue weighted by molar-refractivity contribution is 0.0930. The normalized spacial score (nSPS) is 26.3. The predicted octanol–water partition coefficient (Wildman–Crippen LogP) is 1.97. The van der Waals surface area contributed by atoms with Crippen LogP contribution in [0.5, 0.6) is 0 Å². The summed E-state index contributed by atoms with van der Waals surface area (Å²) in [6, 6.07) is 4.18. The van der Waals surface area contributed by atoms with Gasteiger partial charge in [0.05, 0.1) is 4.88 Å². The van der Waals surface area contributed by atoms with Gasteiger partial charge in [-0.1, -0.05) is 0 Å². The molecule has 0 spiro atoms. The third-order valence-corrected chi connectivity index (χ3v) is 5.37. The van der Waals surface area contributed by atoms with E-state index in [0.29, 0.717) is 22.7 Å².